The van der Waals surface area contributed by atoms with Crippen LogP contribution in [0.4, 0.5) is 28.8 Å². The number of benzene rings is 2. The number of rotatable bonds is 6. The largest absolute Gasteiger partial charge is 0.340 e. The average molecular weight is 402 g/mol. The Morgan fingerprint density at radius 2 is 1.70 bits per heavy atom. The molecule has 30 heavy (non-hydrogen) atoms. The summed E-state index contributed by atoms with van der Waals surface area (Å²) in [5.74, 6) is 1.10. The number of hydrazone groups is 1. The second-order valence-electron chi connectivity index (χ2n) is 6.70. The highest BCUT2D eigenvalue weighted by Crippen LogP contribution is 2.22. The van der Waals surface area contributed by atoms with Crippen molar-refractivity contribution in [3.05, 3.63) is 65.2 Å². The second kappa shape index (κ2) is 8.08. The van der Waals surface area contributed by atoms with E-state index in [1.807, 2.05) is 49.4 Å². The van der Waals surface area contributed by atoms with Gasteiger partial charge in [0.25, 0.3) is 0 Å². The van der Waals surface area contributed by atoms with Gasteiger partial charge in [0, 0.05) is 37.9 Å². The van der Waals surface area contributed by atoms with Gasteiger partial charge in [-0.3, -0.25) is 14.6 Å². The van der Waals surface area contributed by atoms with Gasteiger partial charge in [-0.15, -0.1) is 0 Å². The lowest BCUT2D eigenvalue weighted by molar-refractivity contribution is 0.795. The predicted octanol–water partition coefficient (Wildman–Crippen LogP) is 3.57. The van der Waals surface area contributed by atoms with E-state index in [4.69, 9.17) is 0 Å². The summed E-state index contributed by atoms with van der Waals surface area (Å²) in [6, 6.07) is 15.2. The van der Waals surface area contributed by atoms with E-state index >= 15 is 0 Å². The molecule has 4 aromatic rings. The zero-order valence-electron chi connectivity index (χ0n) is 16.9. The molecule has 0 radical (unpaired) electrons. The number of aryl methyl sites for hydroxylation is 2. The first-order chi connectivity index (χ1) is 14.5. The Morgan fingerprint density at radius 1 is 0.933 bits per heavy atom. The molecule has 0 fully saturated rings. The summed E-state index contributed by atoms with van der Waals surface area (Å²) in [5, 5.41) is 10.5. The monoisotopic (exact) mass is 402 g/mol. The maximum Gasteiger partial charge on any atom is 0.328 e. The molecule has 0 saturated carbocycles. The van der Waals surface area contributed by atoms with Crippen LogP contribution in [0.5, 0.6) is 0 Å². The molecule has 4 rings (SSSR count). The number of anilines is 5. The molecule has 3 N–H and O–H groups in total. The van der Waals surface area contributed by atoms with Gasteiger partial charge in [0.05, 0.1) is 16.7 Å². The van der Waals surface area contributed by atoms with Gasteiger partial charge in [-0.2, -0.15) is 10.1 Å². The van der Waals surface area contributed by atoms with Gasteiger partial charge in [-0.1, -0.05) is 6.07 Å². The molecule has 2 heterocycles. The van der Waals surface area contributed by atoms with E-state index < -0.39 is 0 Å². The molecule has 0 bridgehead atoms. The normalized spacial score (nSPS) is 11.2. The van der Waals surface area contributed by atoms with Crippen LogP contribution in [0.2, 0.25) is 0 Å². The summed E-state index contributed by atoms with van der Waals surface area (Å²) in [6.45, 7) is 1.85. The van der Waals surface area contributed by atoms with Gasteiger partial charge in [-0.25, -0.2) is 9.78 Å². The lowest BCUT2D eigenvalue weighted by Crippen LogP contribution is -2.19. The molecule has 9 nitrogen and oxygen atoms in total. The van der Waals surface area contributed by atoms with E-state index in [-0.39, 0.29) is 5.69 Å². The van der Waals surface area contributed by atoms with Crippen LogP contribution < -0.4 is 21.7 Å². The predicted molar refractivity (Wildman–Crippen MR) is 121 cm³/mol. The first kappa shape index (κ1) is 19.2. The minimum absolute atomic E-state index is 0.0639. The minimum atomic E-state index is -0.0639. The van der Waals surface area contributed by atoms with Gasteiger partial charge >= 0.3 is 5.69 Å². The molecule has 0 spiro atoms. The molecular formula is C21H22N8O. The van der Waals surface area contributed by atoms with E-state index in [0.29, 0.717) is 11.8 Å². The number of aromatic nitrogens is 4. The highest BCUT2D eigenvalue weighted by molar-refractivity contribution is 5.81. The first-order valence-corrected chi connectivity index (χ1v) is 9.41. The number of nitrogens with zero attached hydrogens (tertiary/aromatic N) is 5. The summed E-state index contributed by atoms with van der Waals surface area (Å²) < 4.78 is 3.23. The molecule has 2 aromatic carbocycles. The quantitative estimate of drug-likeness (QED) is 0.337. The maximum absolute atomic E-state index is 12.1. The topological polar surface area (TPSA) is 101 Å². The van der Waals surface area contributed by atoms with Crippen molar-refractivity contribution in [2.24, 2.45) is 19.2 Å². The van der Waals surface area contributed by atoms with Crippen LogP contribution in [0.1, 0.15) is 6.92 Å². The van der Waals surface area contributed by atoms with Crippen molar-refractivity contribution in [3.63, 3.8) is 0 Å². The summed E-state index contributed by atoms with van der Waals surface area (Å²) in [4.78, 5) is 20.9. The Kier molecular flexibility index (Phi) is 5.17. The first-order valence-electron chi connectivity index (χ1n) is 9.41. The summed E-state index contributed by atoms with van der Waals surface area (Å²) >= 11 is 0. The Labute approximate surface area is 173 Å². The Hall–Kier alpha value is -4.14. The third-order valence-corrected chi connectivity index (χ3v) is 4.64. The van der Waals surface area contributed by atoms with E-state index in [0.717, 1.165) is 28.1 Å². The van der Waals surface area contributed by atoms with Crippen LogP contribution in [-0.4, -0.2) is 25.3 Å². The minimum Gasteiger partial charge on any atom is -0.340 e. The summed E-state index contributed by atoms with van der Waals surface area (Å²) in [6.07, 6.45) is 3.37. The fraction of sp³-hybridized carbons (Fsp3) is 0.143. The van der Waals surface area contributed by atoms with Crippen molar-refractivity contribution in [1.29, 1.82) is 0 Å². The zero-order chi connectivity index (χ0) is 21.1. The molecule has 0 amide bonds. The highest BCUT2D eigenvalue weighted by Gasteiger charge is 2.09. The standard InChI is InChI=1S/C21H22N8O/c1-4-23-27-16-7-5-6-14(12-16)24-19-10-11-22-20(26-19)25-15-8-9-17-18(13-15)29(3)21(30)28(17)2/h4-13,27H,1-3H3,(H2,22,24,25,26)/b23-4-. The van der Waals surface area contributed by atoms with Gasteiger partial charge in [-0.05, 0) is 49.4 Å². The molecule has 0 unspecified atom stereocenters. The molecule has 9 heteroatoms. The molecule has 0 aliphatic carbocycles. The van der Waals surface area contributed by atoms with Crippen LogP contribution in [0.3, 0.4) is 0 Å². The smallest absolute Gasteiger partial charge is 0.328 e. The fourth-order valence-electron chi connectivity index (χ4n) is 3.16. The van der Waals surface area contributed by atoms with E-state index in [1.54, 1.807) is 41.7 Å². The van der Waals surface area contributed by atoms with Crippen molar-refractivity contribution in [2.45, 2.75) is 6.92 Å². The van der Waals surface area contributed by atoms with Crippen LogP contribution in [0.15, 0.2) is 64.6 Å². The average Bonchev–Trinajstić information content (AvgIpc) is 2.96. The molecule has 2 aromatic heterocycles. The lowest BCUT2D eigenvalue weighted by Gasteiger charge is -2.10. The highest BCUT2D eigenvalue weighted by atomic mass is 16.1. The van der Waals surface area contributed by atoms with Crippen molar-refractivity contribution < 1.29 is 0 Å². The van der Waals surface area contributed by atoms with Gasteiger partial charge in [0.2, 0.25) is 5.95 Å². The molecule has 0 saturated heterocycles. The molecule has 0 aliphatic rings. The van der Waals surface area contributed by atoms with Crippen LogP contribution in [-0.2, 0) is 14.1 Å². The van der Waals surface area contributed by atoms with Crippen molar-refractivity contribution >= 4 is 46.1 Å². The molecule has 0 atom stereocenters. The fourth-order valence-corrected chi connectivity index (χ4v) is 3.16. The molecule has 0 aliphatic heterocycles. The molecular weight excluding hydrogens is 380 g/mol. The van der Waals surface area contributed by atoms with Crippen molar-refractivity contribution in [3.8, 4) is 0 Å². The summed E-state index contributed by atoms with van der Waals surface area (Å²) in [7, 11) is 3.51. The zero-order valence-corrected chi connectivity index (χ0v) is 16.9. The van der Waals surface area contributed by atoms with Crippen molar-refractivity contribution in [2.75, 3.05) is 16.1 Å². The van der Waals surface area contributed by atoms with Crippen LogP contribution >= 0.6 is 0 Å². The van der Waals surface area contributed by atoms with E-state index in [1.165, 1.54) is 0 Å². The SMILES string of the molecule is C/C=N\Nc1cccc(Nc2ccnc(Nc3ccc4c(c3)n(C)c(=O)n4C)n2)c1. The number of hydrogen-bond acceptors (Lipinski definition) is 7. The van der Waals surface area contributed by atoms with Gasteiger partial charge < -0.3 is 10.6 Å². The molecule has 152 valence electrons. The van der Waals surface area contributed by atoms with E-state index in [9.17, 15) is 4.79 Å². The second-order valence-corrected chi connectivity index (χ2v) is 6.70. The number of hydrogen-bond donors (Lipinski definition) is 3. The third kappa shape index (κ3) is 3.86. The maximum atomic E-state index is 12.1. The Morgan fingerprint density at radius 3 is 2.53 bits per heavy atom. The van der Waals surface area contributed by atoms with Crippen LogP contribution in [0.25, 0.3) is 11.0 Å². The number of nitrogens with one attached hydrogen (secondary N) is 3. The number of imidazole rings is 1. The van der Waals surface area contributed by atoms with Gasteiger partial charge in [0.1, 0.15) is 5.82 Å². The summed E-state index contributed by atoms with van der Waals surface area (Å²) in [5.41, 5.74) is 7.12. The van der Waals surface area contributed by atoms with Crippen LogP contribution in [0, 0.1) is 0 Å². The third-order valence-electron chi connectivity index (χ3n) is 4.64. The van der Waals surface area contributed by atoms with E-state index in [2.05, 4.69) is 31.1 Å². The Bertz CT molecular complexity index is 1290. The van der Waals surface area contributed by atoms with Crippen molar-refractivity contribution in [1.82, 2.24) is 19.1 Å². The Balaban J connectivity index is 1.55. The van der Waals surface area contributed by atoms with Gasteiger partial charge in [0.15, 0.2) is 0 Å². The number of fused-ring (bicyclic) bond motifs is 1. The lowest BCUT2D eigenvalue weighted by atomic mass is 10.2.